The van der Waals surface area contributed by atoms with Crippen LogP contribution >= 0.6 is 11.6 Å². The molecular weight excluding hydrogens is 350 g/mol. The van der Waals surface area contributed by atoms with Gasteiger partial charge in [-0.1, -0.05) is 18.5 Å². The zero-order valence-electron chi connectivity index (χ0n) is 15.2. The molecule has 2 aliphatic heterocycles. The maximum absolute atomic E-state index is 13.0. The average molecular weight is 372 g/mol. The summed E-state index contributed by atoms with van der Waals surface area (Å²) in [6.45, 7) is 9.08. The summed E-state index contributed by atoms with van der Waals surface area (Å²) >= 11 is 6.15. The molecule has 136 valence electrons. The molecule has 2 aromatic rings. The van der Waals surface area contributed by atoms with Crippen LogP contribution in [0.3, 0.4) is 0 Å². The van der Waals surface area contributed by atoms with Gasteiger partial charge < -0.3 is 4.74 Å². The normalized spacial score (nSPS) is 19.4. The van der Waals surface area contributed by atoms with Gasteiger partial charge in [0.05, 0.1) is 23.6 Å². The number of halogens is 1. The highest BCUT2D eigenvalue weighted by Crippen LogP contribution is 2.43. The molecule has 6 heteroatoms. The first-order valence-electron chi connectivity index (χ1n) is 8.89. The zero-order chi connectivity index (χ0) is 18.5. The molecule has 0 radical (unpaired) electrons. The van der Waals surface area contributed by atoms with E-state index in [1.807, 2.05) is 26.0 Å². The molecule has 1 amide bonds. The Bertz CT molecular complexity index is 862. The highest BCUT2D eigenvalue weighted by atomic mass is 35.5. The molecule has 26 heavy (non-hydrogen) atoms. The van der Waals surface area contributed by atoms with Gasteiger partial charge in [0.2, 0.25) is 0 Å². The van der Waals surface area contributed by atoms with Crippen molar-refractivity contribution in [2.45, 2.75) is 32.4 Å². The Balaban J connectivity index is 1.62. The molecule has 0 N–H and O–H groups in total. The van der Waals surface area contributed by atoms with Gasteiger partial charge in [0.15, 0.2) is 0 Å². The number of carbonyl (C=O) groups is 1. The Morgan fingerprint density at radius 2 is 2.04 bits per heavy atom. The summed E-state index contributed by atoms with van der Waals surface area (Å²) in [5.41, 5.74) is 1.84. The van der Waals surface area contributed by atoms with Crippen molar-refractivity contribution in [3.05, 3.63) is 52.8 Å². The van der Waals surface area contributed by atoms with E-state index in [1.165, 1.54) is 0 Å². The van der Waals surface area contributed by atoms with E-state index in [1.54, 1.807) is 29.4 Å². The number of pyridine rings is 1. The largest absolute Gasteiger partial charge is 0.486 e. The number of carbonyl (C=O) groups excluding carboxylic acids is 1. The summed E-state index contributed by atoms with van der Waals surface area (Å²) < 4.78 is 6.02. The minimum absolute atomic E-state index is 0.0404. The second kappa shape index (κ2) is 6.25. The summed E-state index contributed by atoms with van der Waals surface area (Å²) in [4.78, 5) is 21.4. The van der Waals surface area contributed by atoms with E-state index in [-0.39, 0.29) is 12.0 Å². The number of hydrogen-bond donors (Lipinski definition) is 0. The molecular formula is C20H22ClN3O2. The molecule has 2 aliphatic rings. The van der Waals surface area contributed by atoms with E-state index in [0.29, 0.717) is 16.3 Å². The number of hydrogen-bond acceptors (Lipinski definition) is 4. The third-order valence-corrected chi connectivity index (χ3v) is 5.50. The Hall–Kier alpha value is -2.11. The number of amides is 1. The summed E-state index contributed by atoms with van der Waals surface area (Å²) in [7, 11) is 0. The van der Waals surface area contributed by atoms with E-state index in [4.69, 9.17) is 16.3 Å². The zero-order valence-corrected chi connectivity index (χ0v) is 16.0. The van der Waals surface area contributed by atoms with E-state index in [9.17, 15) is 4.79 Å². The van der Waals surface area contributed by atoms with Crippen LogP contribution in [-0.4, -0.2) is 41.5 Å². The predicted molar refractivity (Wildman–Crippen MR) is 102 cm³/mol. The van der Waals surface area contributed by atoms with Gasteiger partial charge in [-0.25, -0.2) is 0 Å². The standard InChI is InChI=1S/C20H22ClN3O2/c1-4-23-11-16(12-23)26-15-8-14(9-22-10-15)24-19(25)17-6-5-13(21)7-18(17)20(24,2)3/h5-10,16H,4,11-12H2,1-3H3. The summed E-state index contributed by atoms with van der Waals surface area (Å²) in [6, 6.07) is 7.32. The fourth-order valence-corrected chi connectivity index (χ4v) is 3.96. The molecule has 1 aromatic carbocycles. The number of nitrogens with zero attached hydrogens (tertiary/aromatic N) is 3. The van der Waals surface area contributed by atoms with Crippen molar-refractivity contribution < 1.29 is 9.53 Å². The molecule has 0 bridgehead atoms. The second-order valence-corrected chi connectivity index (χ2v) is 7.80. The number of anilines is 1. The number of rotatable bonds is 4. The first-order chi connectivity index (χ1) is 12.4. The molecule has 0 unspecified atom stereocenters. The Kier molecular flexibility index (Phi) is 4.16. The summed E-state index contributed by atoms with van der Waals surface area (Å²) in [5.74, 6) is 0.655. The van der Waals surface area contributed by atoms with E-state index < -0.39 is 5.54 Å². The van der Waals surface area contributed by atoms with Crippen molar-refractivity contribution in [1.82, 2.24) is 9.88 Å². The van der Waals surface area contributed by atoms with Crippen LogP contribution in [0.2, 0.25) is 5.02 Å². The topological polar surface area (TPSA) is 45.7 Å². The van der Waals surface area contributed by atoms with E-state index >= 15 is 0 Å². The number of aromatic nitrogens is 1. The van der Waals surface area contributed by atoms with Crippen molar-refractivity contribution in [1.29, 1.82) is 0 Å². The Morgan fingerprint density at radius 1 is 1.27 bits per heavy atom. The maximum atomic E-state index is 13.0. The molecule has 1 fully saturated rings. The van der Waals surface area contributed by atoms with Crippen LogP contribution in [0.4, 0.5) is 5.69 Å². The SMILES string of the molecule is CCN1CC(Oc2cncc(N3C(=O)c4ccc(Cl)cc4C3(C)C)c2)C1. The van der Waals surface area contributed by atoms with Crippen molar-refractivity contribution in [2.75, 3.05) is 24.5 Å². The molecule has 1 aromatic heterocycles. The van der Waals surface area contributed by atoms with Gasteiger partial charge in [-0.3, -0.25) is 19.6 Å². The van der Waals surface area contributed by atoms with Gasteiger partial charge in [0, 0.05) is 29.7 Å². The number of ether oxygens (including phenoxy) is 1. The van der Waals surface area contributed by atoms with Crippen LogP contribution < -0.4 is 9.64 Å². The van der Waals surface area contributed by atoms with Crippen LogP contribution in [0.5, 0.6) is 5.75 Å². The first-order valence-corrected chi connectivity index (χ1v) is 9.26. The molecule has 0 atom stereocenters. The quantitative estimate of drug-likeness (QED) is 0.821. The fraction of sp³-hybridized carbons (Fsp3) is 0.400. The number of fused-ring (bicyclic) bond motifs is 1. The third kappa shape index (κ3) is 2.75. The molecule has 1 saturated heterocycles. The van der Waals surface area contributed by atoms with Gasteiger partial charge in [0.1, 0.15) is 11.9 Å². The highest BCUT2D eigenvalue weighted by Gasteiger charge is 2.44. The average Bonchev–Trinajstić information content (AvgIpc) is 2.77. The van der Waals surface area contributed by atoms with Gasteiger partial charge in [-0.2, -0.15) is 0 Å². The summed E-state index contributed by atoms with van der Waals surface area (Å²) in [5, 5.41) is 0.632. The first kappa shape index (κ1) is 17.3. The molecule has 0 aliphatic carbocycles. The van der Waals surface area contributed by atoms with Crippen molar-refractivity contribution in [3.8, 4) is 5.75 Å². The lowest BCUT2D eigenvalue weighted by atomic mass is 9.93. The Labute approximate surface area is 158 Å². The smallest absolute Gasteiger partial charge is 0.259 e. The van der Waals surface area contributed by atoms with Crippen LogP contribution in [0.15, 0.2) is 36.7 Å². The molecule has 3 heterocycles. The fourth-order valence-electron chi connectivity index (χ4n) is 3.79. The molecule has 0 saturated carbocycles. The van der Waals surface area contributed by atoms with Crippen LogP contribution in [0.25, 0.3) is 0 Å². The molecule has 5 nitrogen and oxygen atoms in total. The molecule has 0 spiro atoms. The summed E-state index contributed by atoms with van der Waals surface area (Å²) in [6.07, 6.45) is 3.60. The number of benzene rings is 1. The van der Waals surface area contributed by atoms with Crippen molar-refractivity contribution >= 4 is 23.2 Å². The van der Waals surface area contributed by atoms with E-state index in [0.717, 1.165) is 30.9 Å². The predicted octanol–water partition coefficient (Wildman–Crippen LogP) is 3.71. The van der Waals surface area contributed by atoms with Gasteiger partial charge in [0.25, 0.3) is 5.91 Å². The third-order valence-electron chi connectivity index (χ3n) is 5.26. The Morgan fingerprint density at radius 3 is 2.77 bits per heavy atom. The number of likely N-dealkylation sites (N-methyl/N-ethyl adjacent to an activating group) is 1. The lowest BCUT2D eigenvalue weighted by Gasteiger charge is -2.38. The van der Waals surface area contributed by atoms with E-state index in [2.05, 4.69) is 16.8 Å². The lowest BCUT2D eigenvalue weighted by molar-refractivity contribution is 0.0236. The number of likely N-dealkylation sites (tertiary alicyclic amines) is 1. The molecule has 4 rings (SSSR count). The van der Waals surface area contributed by atoms with Crippen LogP contribution in [0, 0.1) is 0 Å². The minimum atomic E-state index is -0.507. The van der Waals surface area contributed by atoms with Gasteiger partial charge in [-0.15, -0.1) is 0 Å². The van der Waals surface area contributed by atoms with Crippen molar-refractivity contribution in [2.24, 2.45) is 0 Å². The highest BCUT2D eigenvalue weighted by molar-refractivity contribution is 6.31. The van der Waals surface area contributed by atoms with Crippen LogP contribution in [0.1, 0.15) is 36.7 Å². The van der Waals surface area contributed by atoms with Gasteiger partial charge >= 0.3 is 0 Å². The second-order valence-electron chi connectivity index (χ2n) is 7.36. The van der Waals surface area contributed by atoms with Gasteiger partial charge in [-0.05, 0) is 44.2 Å². The minimum Gasteiger partial charge on any atom is -0.486 e. The van der Waals surface area contributed by atoms with Crippen LogP contribution in [-0.2, 0) is 5.54 Å². The lowest BCUT2D eigenvalue weighted by Crippen LogP contribution is -2.53. The maximum Gasteiger partial charge on any atom is 0.259 e. The monoisotopic (exact) mass is 371 g/mol. The van der Waals surface area contributed by atoms with Crippen molar-refractivity contribution in [3.63, 3.8) is 0 Å².